The SMILES string of the molecule is COc1ccc(N=Cc2c(O)[nH]c3cc(C(=O)c4ccc(NC(=O)c5cc(C)nn5C)cc4)ccc23)cc1O. The predicted molar refractivity (Wildman–Crippen MR) is 148 cm³/mol. The van der Waals surface area contributed by atoms with E-state index in [1.807, 2.05) is 6.92 Å². The Bertz CT molecular complexity index is 1750. The summed E-state index contributed by atoms with van der Waals surface area (Å²) in [7, 11) is 3.16. The van der Waals surface area contributed by atoms with Crippen molar-refractivity contribution in [1.82, 2.24) is 14.8 Å². The van der Waals surface area contributed by atoms with E-state index in [2.05, 4.69) is 20.4 Å². The molecule has 0 aliphatic rings. The van der Waals surface area contributed by atoms with Crippen LogP contribution in [0.15, 0.2) is 71.7 Å². The Morgan fingerprint density at radius 2 is 1.77 bits per heavy atom. The normalized spacial score (nSPS) is 11.3. The third-order valence-corrected chi connectivity index (χ3v) is 6.22. The zero-order chi connectivity index (χ0) is 27.7. The number of carbonyl (C=O) groups excluding carboxylic acids is 2. The molecule has 5 aromatic rings. The van der Waals surface area contributed by atoms with E-state index in [1.165, 1.54) is 24.1 Å². The average molecular weight is 524 g/mol. The van der Waals surface area contributed by atoms with Crippen molar-refractivity contribution in [1.29, 1.82) is 0 Å². The second-order valence-corrected chi connectivity index (χ2v) is 8.92. The summed E-state index contributed by atoms with van der Waals surface area (Å²) in [6.45, 7) is 1.81. The van der Waals surface area contributed by atoms with Crippen molar-refractivity contribution >= 4 is 40.2 Å². The molecule has 0 unspecified atom stereocenters. The summed E-state index contributed by atoms with van der Waals surface area (Å²) in [5.74, 6) is -0.315. The lowest BCUT2D eigenvalue weighted by Crippen LogP contribution is -2.16. The van der Waals surface area contributed by atoms with Gasteiger partial charge in [-0.05, 0) is 55.5 Å². The van der Waals surface area contributed by atoms with E-state index in [1.54, 1.807) is 67.7 Å². The van der Waals surface area contributed by atoms with E-state index >= 15 is 0 Å². The van der Waals surface area contributed by atoms with E-state index < -0.39 is 0 Å². The standard InChI is InChI=1S/C29H25N5O5/c1-16-12-24(34(2)33-16)29(38)31-19-7-4-17(5-8-19)27(36)18-6-10-21-22(28(37)32-23(21)13-18)15-30-20-9-11-26(39-3)25(35)14-20/h4-15,32,35,37H,1-3H3,(H,31,38). The predicted octanol–water partition coefficient (Wildman–Crippen LogP) is 4.86. The van der Waals surface area contributed by atoms with Gasteiger partial charge in [0.05, 0.1) is 24.1 Å². The molecular formula is C29H25N5O5. The number of ether oxygens (including phenoxy) is 1. The van der Waals surface area contributed by atoms with Crippen LogP contribution in [0.25, 0.3) is 10.9 Å². The number of amides is 1. The fraction of sp³-hybridized carbons (Fsp3) is 0.103. The summed E-state index contributed by atoms with van der Waals surface area (Å²) >= 11 is 0. The number of methoxy groups -OCH3 is 1. The van der Waals surface area contributed by atoms with Gasteiger partial charge in [0.15, 0.2) is 23.2 Å². The van der Waals surface area contributed by atoms with Crippen LogP contribution in [-0.2, 0) is 7.05 Å². The number of fused-ring (bicyclic) bond motifs is 1. The number of hydrogen-bond acceptors (Lipinski definition) is 7. The maximum absolute atomic E-state index is 13.1. The van der Waals surface area contributed by atoms with Gasteiger partial charge >= 0.3 is 0 Å². The highest BCUT2D eigenvalue weighted by Crippen LogP contribution is 2.31. The summed E-state index contributed by atoms with van der Waals surface area (Å²) in [5, 5.41) is 28.1. The molecule has 3 aromatic carbocycles. The van der Waals surface area contributed by atoms with Gasteiger partial charge in [-0.25, -0.2) is 0 Å². The Labute approximate surface area is 223 Å². The highest BCUT2D eigenvalue weighted by atomic mass is 16.5. The number of phenols is 1. The first kappa shape index (κ1) is 25.3. The molecule has 1 amide bonds. The van der Waals surface area contributed by atoms with Gasteiger partial charge in [-0.3, -0.25) is 19.3 Å². The molecule has 0 aliphatic heterocycles. The fourth-order valence-electron chi connectivity index (χ4n) is 4.26. The summed E-state index contributed by atoms with van der Waals surface area (Å²) in [6, 6.07) is 18.1. The first-order valence-electron chi connectivity index (χ1n) is 12.0. The number of phenolic OH excluding ortho intramolecular Hbond substituents is 1. The minimum absolute atomic E-state index is 0.0441. The first-order valence-corrected chi connectivity index (χ1v) is 12.0. The van der Waals surface area contributed by atoms with Gasteiger partial charge in [-0.2, -0.15) is 5.10 Å². The van der Waals surface area contributed by atoms with Crippen LogP contribution in [0.3, 0.4) is 0 Å². The summed E-state index contributed by atoms with van der Waals surface area (Å²) in [5.41, 5.74) is 4.08. The average Bonchev–Trinajstić information content (AvgIpc) is 3.43. The van der Waals surface area contributed by atoms with Crippen LogP contribution in [0.5, 0.6) is 17.4 Å². The Balaban J connectivity index is 1.33. The van der Waals surface area contributed by atoms with Crippen molar-refractivity contribution in [3.8, 4) is 17.4 Å². The lowest BCUT2D eigenvalue weighted by atomic mass is 10.0. The van der Waals surface area contributed by atoms with Crippen molar-refractivity contribution in [3.05, 3.63) is 94.8 Å². The van der Waals surface area contributed by atoms with Crippen LogP contribution in [0.2, 0.25) is 0 Å². The smallest absolute Gasteiger partial charge is 0.273 e. The van der Waals surface area contributed by atoms with Crippen molar-refractivity contribution < 1.29 is 24.5 Å². The number of aromatic amines is 1. The zero-order valence-electron chi connectivity index (χ0n) is 21.4. The Morgan fingerprint density at radius 1 is 1.03 bits per heavy atom. The lowest BCUT2D eigenvalue weighted by molar-refractivity contribution is 0.101. The molecule has 0 aliphatic carbocycles. The molecule has 5 rings (SSSR count). The number of aromatic hydroxyl groups is 2. The number of aryl methyl sites for hydroxylation is 2. The number of nitrogens with zero attached hydrogens (tertiary/aromatic N) is 3. The monoisotopic (exact) mass is 523 g/mol. The third-order valence-electron chi connectivity index (χ3n) is 6.22. The second kappa shape index (κ2) is 10.2. The highest BCUT2D eigenvalue weighted by molar-refractivity contribution is 6.12. The fourth-order valence-corrected chi connectivity index (χ4v) is 4.26. The molecule has 0 saturated heterocycles. The Kier molecular flexibility index (Phi) is 6.59. The topological polar surface area (TPSA) is 142 Å². The molecule has 4 N–H and O–H groups in total. The minimum Gasteiger partial charge on any atom is -0.504 e. The van der Waals surface area contributed by atoms with E-state index in [0.29, 0.717) is 50.4 Å². The molecule has 2 heterocycles. The quantitative estimate of drug-likeness (QED) is 0.177. The summed E-state index contributed by atoms with van der Waals surface area (Å²) in [4.78, 5) is 32.9. The van der Waals surface area contributed by atoms with Gasteiger partial charge in [-0.1, -0.05) is 12.1 Å². The molecule has 0 radical (unpaired) electrons. The van der Waals surface area contributed by atoms with Crippen LogP contribution in [0.4, 0.5) is 11.4 Å². The summed E-state index contributed by atoms with van der Waals surface area (Å²) < 4.78 is 6.55. The number of carbonyl (C=O) groups is 2. The minimum atomic E-state index is -0.294. The maximum Gasteiger partial charge on any atom is 0.273 e. The molecular weight excluding hydrogens is 498 g/mol. The molecule has 10 heteroatoms. The summed E-state index contributed by atoms with van der Waals surface area (Å²) in [6.07, 6.45) is 1.48. The number of aliphatic imine (C=N–C) groups is 1. The van der Waals surface area contributed by atoms with Gasteiger partial charge in [0, 0.05) is 47.0 Å². The van der Waals surface area contributed by atoms with Crippen molar-refractivity contribution in [2.45, 2.75) is 6.92 Å². The number of benzene rings is 3. The Hall–Kier alpha value is -5.38. The molecule has 0 spiro atoms. The van der Waals surface area contributed by atoms with Gasteiger partial charge in [0.25, 0.3) is 5.91 Å². The maximum atomic E-state index is 13.1. The number of rotatable bonds is 7. The van der Waals surface area contributed by atoms with E-state index in [0.717, 1.165) is 5.69 Å². The van der Waals surface area contributed by atoms with Gasteiger partial charge in [0.2, 0.25) is 0 Å². The third kappa shape index (κ3) is 5.08. The van der Waals surface area contributed by atoms with Gasteiger partial charge in [-0.15, -0.1) is 0 Å². The van der Waals surface area contributed by atoms with Crippen LogP contribution in [0, 0.1) is 6.92 Å². The largest absolute Gasteiger partial charge is 0.504 e. The number of aromatic nitrogens is 3. The second-order valence-electron chi connectivity index (χ2n) is 8.92. The number of H-pyrrole nitrogens is 1. The van der Waals surface area contributed by atoms with Crippen LogP contribution < -0.4 is 10.1 Å². The van der Waals surface area contributed by atoms with Crippen molar-refractivity contribution in [2.75, 3.05) is 12.4 Å². The molecule has 2 aromatic heterocycles. The van der Waals surface area contributed by atoms with Gasteiger partial charge in [0.1, 0.15) is 5.69 Å². The highest BCUT2D eigenvalue weighted by Gasteiger charge is 2.16. The molecule has 10 nitrogen and oxygen atoms in total. The van der Waals surface area contributed by atoms with E-state index in [9.17, 15) is 19.8 Å². The van der Waals surface area contributed by atoms with Crippen molar-refractivity contribution in [3.63, 3.8) is 0 Å². The van der Waals surface area contributed by atoms with Crippen LogP contribution >= 0.6 is 0 Å². The number of ketones is 1. The zero-order valence-corrected chi connectivity index (χ0v) is 21.4. The number of hydrogen-bond donors (Lipinski definition) is 4. The molecule has 196 valence electrons. The van der Waals surface area contributed by atoms with Crippen LogP contribution in [0.1, 0.15) is 37.7 Å². The van der Waals surface area contributed by atoms with Gasteiger partial charge < -0.3 is 25.3 Å². The van der Waals surface area contributed by atoms with Crippen LogP contribution in [-0.4, -0.2) is 50.0 Å². The lowest BCUT2D eigenvalue weighted by Gasteiger charge is -2.07. The number of nitrogens with one attached hydrogen (secondary N) is 2. The van der Waals surface area contributed by atoms with E-state index in [4.69, 9.17) is 4.74 Å². The molecule has 0 bridgehead atoms. The first-order chi connectivity index (χ1) is 18.7. The molecule has 0 saturated carbocycles. The Morgan fingerprint density at radius 3 is 2.44 bits per heavy atom. The number of anilines is 1. The van der Waals surface area contributed by atoms with E-state index in [-0.39, 0.29) is 23.3 Å². The molecule has 0 fully saturated rings. The molecule has 39 heavy (non-hydrogen) atoms. The molecule has 0 atom stereocenters. The van der Waals surface area contributed by atoms with Crippen molar-refractivity contribution in [2.24, 2.45) is 12.0 Å².